The molecule has 122 valence electrons. The summed E-state index contributed by atoms with van der Waals surface area (Å²) in [6, 6.07) is 6.57. The summed E-state index contributed by atoms with van der Waals surface area (Å²) in [6.45, 7) is 2.24. The summed E-state index contributed by atoms with van der Waals surface area (Å²) in [4.78, 5) is 0. The monoisotopic (exact) mass is 422 g/mol. The number of hydrogen-bond donors (Lipinski definition) is 1. The smallest absolute Gasteiger partial charge is 0.192 e. The first-order chi connectivity index (χ1) is 11.0. The van der Waals surface area contributed by atoms with E-state index in [0.29, 0.717) is 17.8 Å². The molecule has 3 aliphatic rings. The van der Waals surface area contributed by atoms with Crippen molar-refractivity contribution in [2.75, 3.05) is 0 Å². The van der Waals surface area contributed by atoms with Crippen LogP contribution in [0.15, 0.2) is 18.2 Å². The summed E-state index contributed by atoms with van der Waals surface area (Å²) in [5.74, 6) is 5.54. The lowest BCUT2D eigenvalue weighted by Gasteiger charge is -2.52. The van der Waals surface area contributed by atoms with E-state index in [2.05, 4.69) is 31.0 Å². The van der Waals surface area contributed by atoms with Gasteiger partial charge in [-0.2, -0.15) is 0 Å². The molecule has 0 bridgehead atoms. The van der Waals surface area contributed by atoms with Crippen molar-refractivity contribution in [2.45, 2.75) is 57.0 Å². The first-order valence-electron chi connectivity index (χ1n) is 8.64. The summed E-state index contributed by atoms with van der Waals surface area (Å²) in [7, 11) is 0. The van der Waals surface area contributed by atoms with Gasteiger partial charge in [-0.05, 0) is 79.5 Å². The van der Waals surface area contributed by atoms with Crippen LogP contribution in [0, 0.1) is 29.6 Å². The van der Waals surface area contributed by atoms with Crippen LogP contribution in [0.2, 0.25) is 0 Å². The molecule has 3 aliphatic carbocycles. The van der Waals surface area contributed by atoms with E-state index in [1.54, 1.807) is 0 Å². The number of halogens is 1. The largest absolute Gasteiger partial charge is 0.428 e. The van der Waals surface area contributed by atoms with Crippen molar-refractivity contribution in [2.24, 2.45) is 17.3 Å². The fraction of sp³-hybridized carbons (Fsp3) is 0.600. The fourth-order valence-electron chi connectivity index (χ4n) is 5.86. The maximum absolute atomic E-state index is 11.0. The zero-order valence-electron chi connectivity index (χ0n) is 13.5. The highest BCUT2D eigenvalue weighted by atomic mass is 127. The number of aryl methyl sites for hydroxylation is 1. The quantitative estimate of drug-likeness (QED) is 0.528. The van der Waals surface area contributed by atoms with E-state index in [1.165, 1.54) is 17.5 Å². The van der Waals surface area contributed by atoms with Gasteiger partial charge in [0.1, 0.15) is 11.4 Å². The standard InChI is InChI=1S/C20H23IO2/c1-3-20(22)11-9-18-17-6-4-13-12-14(23-21)5-7-15(13)16(17)8-10-19(18,20)2/h1,5,7,12,16-18,22H,4,6,8-11H2,2H3/t16-,17-,18+,19?,20+/m1/s1. The van der Waals surface area contributed by atoms with Crippen LogP contribution in [0.25, 0.3) is 0 Å². The molecule has 0 aliphatic heterocycles. The molecule has 1 N–H and O–H groups in total. The molecule has 1 aromatic carbocycles. The normalized spacial score (nSPS) is 41.4. The lowest BCUT2D eigenvalue weighted by Crippen LogP contribution is -2.50. The molecule has 4 rings (SSSR count). The number of terminal acetylenes is 1. The number of hydrogen-bond acceptors (Lipinski definition) is 2. The van der Waals surface area contributed by atoms with Gasteiger partial charge in [0, 0.05) is 5.41 Å². The van der Waals surface area contributed by atoms with Crippen LogP contribution in [-0.4, -0.2) is 10.7 Å². The maximum atomic E-state index is 11.0. The average molecular weight is 422 g/mol. The Morgan fingerprint density at radius 3 is 2.87 bits per heavy atom. The Kier molecular flexibility index (Phi) is 3.70. The third-order valence-corrected chi connectivity index (χ3v) is 7.69. The number of aliphatic hydroxyl groups is 1. The Morgan fingerprint density at radius 2 is 2.13 bits per heavy atom. The van der Waals surface area contributed by atoms with E-state index in [-0.39, 0.29) is 5.41 Å². The van der Waals surface area contributed by atoms with Crippen LogP contribution in [0.4, 0.5) is 0 Å². The van der Waals surface area contributed by atoms with Crippen LogP contribution in [0.1, 0.15) is 56.1 Å². The molecule has 2 saturated carbocycles. The molecule has 2 fully saturated rings. The Balaban J connectivity index is 1.70. The third-order valence-electron chi connectivity index (χ3n) is 7.18. The Hall–Kier alpha value is -0.730. The summed E-state index contributed by atoms with van der Waals surface area (Å²) >= 11 is 1.95. The second-order valence-corrected chi connectivity index (χ2v) is 8.29. The maximum Gasteiger partial charge on any atom is 0.192 e. The van der Waals surface area contributed by atoms with Gasteiger partial charge >= 0.3 is 0 Å². The average Bonchev–Trinajstić information content (AvgIpc) is 2.86. The van der Waals surface area contributed by atoms with Crippen molar-refractivity contribution in [3.63, 3.8) is 0 Å². The van der Waals surface area contributed by atoms with Crippen LogP contribution < -0.4 is 3.07 Å². The van der Waals surface area contributed by atoms with Crippen LogP contribution >= 0.6 is 23.0 Å². The van der Waals surface area contributed by atoms with E-state index >= 15 is 0 Å². The molecule has 0 saturated heterocycles. The van der Waals surface area contributed by atoms with Gasteiger partial charge in [0.2, 0.25) is 0 Å². The van der Waals surface area contributed by atoms with Crippen molar-refractivity contribution >= 4 is 23.0 Å². The van der Waals surface area contributed by atoms with E-state index in [0.717, 1.165) is 37.9 Å². The minimum Gasteiger partial charge on any atom is -0.428 e. The lowest BCUT2D eigenvalue weighted by atomic mass is 9.53. The molecule has 1 aromatic rings. The molecule has 3 heteroatoms. The van der Waals surface area contributed by atoms with Gasteiger partial charge in [-0.3, -0.25) is 0 Å². The molecule has 0 aromatic heterocycles. The Morgan fingerprint density at radius 1 is 1.30 bits per heavy atom. The Labute approximate surface area is 152 Å². The second-order valence-electron chi connectivity index (χ2n) is 7.85. The molecule has 2 nitrogen and oxygen atoms in total. The van der Waals surface area contributed by atoms with Gasteiger partial charge in [-0.15, -0.1) is 6.42 Å². The molecule has 0 spiro atoms. The van der Waals surface area contributed by atoms with E-state index in [1.807, 2.05) is 23.0 Å². The van der Waals surface area contributed by atoms with Crippen molar-refractivity contribution in [1.29, 1.82) is 0 Å². The van der Waals surface area contributed by atoms with Crippen LogP contribution in [-0.2, 0) is 6.42 Å². The molecule has 0 heterocycles. The highest BCUT2D eigenvalue weighted by Crippen LogP contribution is 2.64. The SMILES string of the molecule is C#C[C@]1(O)CC[C@H]2[C@@H]3CCc4cc(OI)ccc4[C@H]3CCC21C. The molecular weight excluding hydrogens is 399 g/mol. The highest BCUT2D eigenvalue weighted by molar-refractivity contribution is 14.1. The predicted octanol–water partition coefficient (Wildman–Crippen LogP) is 4.64. The second kappa shape index (κ2) is 5.39. The van der Waals surface area contributed by atoms with Crippen LogP contribution in [0.5, 0.6) is 5.75 Å². The molecular formula is C20H23IO2. The van der Waals surface area contributed by atoms with Gasteiger partial charge in [-0.25, -0.2) is 0 Å². The van der Waals surface area contributed by atoms with Crippen molar-refractivity contribution in [1.82, 2.24) is 0 Å². The summed E-state index contributed by atoms with van der Waals surface area (Å²) in [5.41, 5.74) is 1.96. The van der Waals surface area contributed by atoms with Gasteiger partial charge in [-0.1, -0.05) is 18.9 Å². The first kappa shape index (κ1) is 15.8. The van der Waals surface area contributed by atoms with Crippen molar-refractivity contribution in [3.05, 3.63) is 29.3 Å². The van der Waals surface area contributed by atoms with Crippen LogP contribution in [0.3, 0.4) is 0 Å². The summed E-state index contributed by atoms with van der Waals surface area (Å²) in [5, 5.41) is 11.0. The van der Waals surface area contributed by atoms with E-state index in [9.17, 15) is 5.11 Å². The van der Waals surface area contributed by atoms with E-state index in [4.69, 9.17) is 9.49 Å². The van der Waals surface area contributed by atoms with Crippen molar-refractivity contribution < 1.29 is 8.17 Å². The van der Waals surface area contributed by atoms with Crippen molar-refractivity contribution in [3.8, 4) is 18.1 Å². The summed E-state index contributed by atoms with van der Waals surface area (Å²) < 4.78 is 5.36. The molecule has 1 unspecified atom stereocenters. The molecule has 0 radical (unpaired) electrons. The van der Waals surface area contributed by atoms with E-state index < -0.39 is 5.60 Å². The summed E-state index contributed by atoms with van der Waals surface area (Å²) in [6.07, 6.45) is 12.1. The number of fused-ring (bicyclic) bond motifs is 5. The molecule has 23 heavy (non-hydrogen) atoms. The third kappa shape index (κ3) is 2.10. The number of benzene rings is 1. The molecule has 5 atom stereocenters. The minimum atomic E-state index is -0.901. The van der Waals surface area contributed by atoms with Gasteiger partial charge in [0.05, 0.1) is 0 Å². The zero-order chi connectivity index (χ0) is 16.2. The first-order valence-corrected chi connectivity index (χ1v) is 9.52. The predicted molar refractivity (Wildman–Crippen MR) is 99.5 cm³/mol. The number of rotatable bonds is 1. The highest BCUT2D eigenvalue weighted by Gasteiger charge is 2.61. The molecule has 0 amide bonds. The minimum absolute atomic E-state index is 0.105. The van der Waals surface area contributed by atoms with Gasteiger partial charge in [0.25, 0.3) is 0 Å². The zero-order valence-corrected chi connectivity index (χ0v) is 15.7. The van der Waals surface area contributed by atoms with Gasteiger partial charge in [0.15, 0.2) is 23.0 Å². The lowest BCUT2D eigenvalue weighted by molar-refractivity contribution is -0.0646. The Bertz CT molecular complexity index is 679. The fourth-order valence-corrected chi connectivity index (χ4v) is 6.13. The van der Waals surface area contributed by atoms with Gasteiger partial charge < -0.3 is 8.17 Å². The topological polar surface area (TPSA) is 29.5 Å².